The Morgan fingerprint density at radius 3 is 2.36 bits per heavy atom. The summed E-state index contributed by atoms with van der Waals surface area (Å²) in [5.74, 6) is 1.47. The van der Waals surface area contributed by atoms with Gasteiger partial charge in [-0.15, -0.1) is 0 Å². The summed E-state index contributed by atoms with van der Waals surface area (Å²) in [4.78, 5) is 21.7. The maximum atomic E-state index is 13.3. The van der Waals surface area contributed by atoms with Crippen LogP contribution in [0.4, 0.5) is 13.2 Å². The summed E-state index contributed by atoms with van der Waals surface area (Å²) in [6, 6.07) is 8.66. The predicted molar refractivity (Wildman–Crippen MR) is 149 cm³/mol. The van der Waals surface area contributed by atoms with Gasteiger partial charge >= 0.3 is 35.7 Å². The molecule has 1 aromatic carbocycles. The van der Waals surface area contributed by atoms with Gasteiger partial charge in [0.05, 0.1) is 24.6 Å². The smallest absolute Gasteiger partial charge is 0.480 e. The van der Waals surface area contributed by atoms with Crippen molar-refractivity contribution in [3.63, 3.8) is 0 Å². The third-order valence-corrected chi connectivity index (χ3v) is 6.94. The van der Waals surface area contributed by atoms with Gasteiger partial charge in [0.25, 0.3) is 0 Å². The summed E-state index contributed by atoms with van der Waals surface area (Å²) in [6.45, 7) is 1.74. The van der Waals surface area contributed by atoms with E-state index in [0.717, 1.165) is 43.1 Å². The van der Waals surface area contributed by atoms with Crippen molar-refractivity contribution in [3.8, 4) is 34.5 Å². The van der Waals surface area contributed by atoms with E-state index in [1.165, 1.54) is 13.4 Å². The first-order chi connectivity index (χ1) is 19.2. The molecule has 0 spiro atoms. The van der Waals surface area contributed by atoms with Crippen molar-refractivity contribution in [1.82, 2.24) is 29.5 Å². The number of ether oxygens (including phenoxy) is 2. The number of benzene rings is 1. The Morgan fingerprint density at radius 1 is 1.05 bits per heavy atom. The fourth-order valence-corrected chi connectivity index (χ4v) is 4.54. The van der Waals surface area contributed by atoms with Crippen LogP contribution >= 0.6 is 0 Å². The zero-order valence-corrected chi connectivity index (χ0v) is 24.9. The van der Waals surface area contributed by atoms with Crippen LogP contribution in [0.15, 0.2) is 42.9 Å². The number of aliphatic hydroxyl groups is 1. The third-order valence-electron chi connectivity index (χ3n) is 6.94. The second kappa shape index (κ2) is 12.7. The summed E-state index contributed by atoms with van der Waals surface area (Å²) in [5.41, 5.74) is 2.23. The van der Waals surface area contributed by atoms with Gasteiger partial charge in [0.2, 0.25) is 11.8 Å². The Kier molecular flexibility index (Phi) is 9.66. The number of methoxy groups -OCH3 is 1. The van der Waals surface area contributed by atoms with E-state index in [1.54, 1.807) is 41.8 Å². The Bertz CT molecular complexity index is 1540. The molecule has 2 aliphatic rings. The predicted octanol–water partition coefficient (Wildman–Crippen LogP) is 1.22. The maximum Gasteiger partial charge on any atom is 1.00 e. The van der Waals surface area contributed by atoms with Gasteiger partial charge < -0.3 is 19.1 Å². The first-order valence-electron chi connectivity index (χ1n) is 13.1. The number of alkyl halides is 3. The van der Waals surface area contributed by atoms with Gasteiger partial charge in [0.15, 0.2) is 11.5 Å². The molecule has 14 heteroatoms. The molecule has 1 N–H and O–H groups in total. The molecule has 216 valence electrons. The van der Waals surface area contributed by atoms with Crippen molar-refractivity contribution in [1.29, 1.82) is 0 Å². The van der Waals surface area contributed by atoms with Gasteiger partial charge in [-0.05, 0) is 38.2 Å². The minimum atomic E-state index is -4.50. The maximum absolute atomic E-state index is 13.3. The number of aliphatic hydroxyl groups excluding tert-OH is 1. The summed E-state index contributed by atoms with van der Waals surface area (Å²) < 4.78 is 53.0. The van der Waals surface area contributed by atoms with Gasteiger partial charge in [0.1, 0.15) is 24.3 Å². The summed E-state index contributed by atoms with van der Waals surface area (Å²) in [6.07, 6.45) is 0.853. The summed E-state index contributed by atoms with van der Waals surface area (Å²) >= 11 is 0. The van der Waals surface area contributed by atoms with Gasteiger partial charge in [-0.1, -0.05) is 32.7 Å². The third kappa shape index (κ3) is 6.80. The molecular formula is C28H31BF3N6NaO3. The van der Waals surface area contributed by atoms with E-state index >= 15 is 0 Å². The van der Waals surface area contributed by atoms with Crippen molar-refractivity contribution in [2.24, 2.45) is 0 Å². The molecule has 0 amide bonds. The number of imidazole rings is 1. The molecule has 0 bridgehead atoms. The van der Waals surface area contributed by atoms with E-state index < -0.39 is 18.0 Å². The topological polar surface area (TPSA) is 108 Å². The Morgan fingerprint density at radius 2 is 1.76 bits per heavy atom. The molecule has 2 saturated carbocycles. The van der Waals surface area contributed by atoms with Gasteiger partial charge in [-0.3, -0.25) is 0 Å². The quantitative estimate of drug-likeness (QED) is 0.290. The molecule has 0 saturated heterocycles. The van der Waals surface area contributed by atoms with E-state index in [0.29, 0.717) is 34.3 Å². The zero-order valence-electron chi connectivity index (χ0n) is 22.9. The molecule has 3 aromatic heterocycles. The number of hydrogen-bond donors (Lipinski definition) is 1. The number of aromatic nitrogens is 6. The second-order valence-electron chi connectivity index (χ2n) is 10.1. The van der Waals surface area contributed by atoms with Crippen molar-refractivity contribution < 1.29 is 57.3 Å². The van der Waals surface area contributed by atoms with Gasteiger partial charge in [0, 0.05) is 29.8 Å². The standard InChI is InChI=1S/C28H27F3N6O3.BH4.Na/c1-15(38)20-11-22(36-25(34-20)23-24(17-7-8-17)32-14-33-27(23)39-2)40-13-16-3-5-18(6-4-16)26-35-21(28(29,30)31)12-37(26)19-9-10-19;;/h3-6,11-12,14-15,17,19,38H,7-10,13H2,1-2H3;1H4;/q;-1;+1. The Hall–Kier alpha value is -3.00. The second-order valence-corrected chi connectivity index (χ2v) is 10.1. The molecule has 9 nitrogen and oxygen atoms in total. The van der Waals surface area contributed by atoms with E-state index in [-0.39, 0.29) is 62.4 Å². The molecule has 2 fully saturated rings. The first-order valence-corrected chi connectivity index (χ1v) is 13.1. The van der Waals surface area contributed by atoms with Gasteiger partial charge in [-0.25, -0.2) is 19.9 Å². The molecular weight excluding hydrogens is 559 g/mol. The van der Waals surface area contributed by atoms with Crippen LogP contribution in [0.2, 0.25) is 0 Å². The van der Waals surface area contributed by atoms with Crippen molar-refractivity contribution in [3.05, 3.63) is 65.5 Å². The largest absolute Gasteiger partial charge is 1.00 e. The SMILES string of the molecule is COc1ncnc(C2CC2)c1-c1nc(OCc2ccc(-c3nc(C(F)(F)F)cn3C3CC3)cc2)cc(C(C)O)n1.[BH4-].[Na+]. The van der Waals surface area contributed by atoms with Crippen LogP contribution in [-0.4, -0.2) is 50.1 Å². The fraction of sp³-hybridized carbons (Fsp3) is 0.393. The van der Waals surface area contributed by atoms with Crippen molar-refractivity contribution >= 4 is 8.41 Å². The number of halogens is 3. The molecule has 1 unspecified atom stereocenters. The van der Waals surface area contributed by atoms with Crippen LogP contribution in [-0.2, 0) is 12.8 Å². The molecule has 1 atom stereocenters. The van der Waals surface area contributed by atoms with Crippen molar-refractivity contribution in [2.75, 3.05) is 7.11 Å². The zero-order chi connectivity index (χ0) is 28.0. The minimum Gasteiger partial charge on any atom is -0.480 e. The number of hydrogen-bond acceptors (Lipinski definition) is 8. The fourth-order valence-electron chi connectivity index (χ4n) is 4.54. The normalized spacial score (nSPS) is 15.4. The van der Waals surface area contributed by atoms with E-state index in [9.17, 15) is 18.3 Å². The van der Waals surface area contributed by atoms with Gasteiger partial charge in [-0.2, -0.15) is 18.2 Å². The minimum absolute atomic E-state index is 0. The van der Waals surface area contributed by atoms with Crippen LogP contribution < -0.4 is 39.0 Å². The van der Waals surface area contributed by atoms with E-state index in [1.807, 2.05) is 0 Å². The molecule has 3 heterocycles. The average molecular weight is 590 g/mol. The van der Waals surface area contributed by atoms with E-state index in [4.69, 9.17) is 9.47 Å². The monoisotopic (exact) mass is 590 g/mol. The Labute approximate surface area is 264 Å². The van der Waals surface area contributed by atoms with Crippen molar-refractivity contribution in [2.45, 2.75) is 63.5 Å². The van der Waals surface area contributed by atoms with E-state index in [2.05, 4.69) is 24.9 Å². The first kappa shape index (κ1) is 31.9. The molecule has 42 heavy (non-hydrogen) atoms. The van der Waals surface area contributed by atoms with Crippen LogP contribution in [0.3, 0.4) is 0 Å². The summed E-state index contributed by atoms with van der Waals surface area (Å²) in [7, 11) is 1.52. The Balaban J connectivity index is 0.00000202. The summed E-state index contributed by atoms with van der Waals surface area (Å²) in [5, 5.41) is 10.3. The molecule has 0 radical (unpaired) electrons. The average Bonchev–Trinajstić information content (AvgIpc) is 3.89. The molecule has 4 aromatic rings. The molecule has 6 rings (SSSR count). The van der Waals surface area contributed by atoms with Crippen LogP contribution in [0.5, 0.6) is 11.8 Å². The molecule has 2 aliphatic carbocycles. The van der Waals surface area contributed by atoms with Crippen LogP contribution in [0.1, 0.15) is 73.3 Å². The van der Waals surface area contributed by atoms with Crippen LogP contribution in [0.25, 0.3) is 22.8 Å². The number of nitrogens with zero attached hydrogens (tertiary/aromatic N) is 6. The number of rotatable bonds is 9. The van der Waals surface area contributed by atoms with Crippen LogP contribution in [0, 0.1) is 0 Å². The molecule has 0 aliphatic heterocycles.